The van der Waals surface area contributed by atoms with E-state index in [0.717, 1.165) is 14.9 Å². The van der Waals surface area contributed by atoms with E-state index >= 15 is 0 Å². The summed E-state index contributed by atoms with van der Waals surface area (Å²) in [6.07, 6.45) is 0. The van der Waals surface area contributed by atoms with Crippen LogP contribution >= 0.6 is 15.9 Å². The van der Waals surface area contributed by atoms with Crippen LogP contribution in [-0.4, -0.2) is 23.6 Å². The van der Waals surface area contributed by atoms with E-state index in [4.69, 9.17) is 0 Å². The van der Waals surface area contributed by atoms with Crippen molar-refractivity contribution in [1.82, 2.24) is 0 Å². The smallest absolute Gasteiger partial charge is 0.260 e. The first-order chi connectivity index (χ1) is 14.6. The maximum absolute atomic E-state index is 14.5. The predicted molar refractivity (Wildman–Crippen MR) is 116 cm³/mol. The molecule has 0 aliphatic carbocycles. The molecule has 0 bridgehead atoms. The van der Waals surface area contributed by atoms with Crippen LogP contribution in [0.3, 0.4) is 0 Å². The van der Waals surface area contributed by atoms with Gasteiger partial charge in [-0.15, -0.1) is 0 Å². The number of amides is 2. The van der Waals surface area contributed by atoms with Gasteiger partial charge in [-0.1, -0.05) is 58.4 Å². The zero-order chi connectivity index (χ0) is 20.8. The van der Waals surface area contributed by atoms with Gasteiger partial charge in [-0.2, -0.15) is 5.10 Å². The Labute approximate surface area is 180 Å². The van der Waals surface area contributed by atoms with Gasteiger partial charge in [-0.25, -0.2) is 9.29 Å². The van der Waals surface area contributed by atoms with Crippen LogP contribution in [0.4, 0.5) is 15.8 Å². The van der Waals surface area contributed by atoms with Crippen LogP contribution in [0.5, 0.6) is 0 Å². The molecule has 0 radical (unpaired) electrons. The van der Waals surface area contributed by atoms with Crippen molar-refractivity contribution in [1.29, 1.82) is 0 Å². The Morgan fingerprint density at radius 1 is 0.833 bits per heavy atom. The molecular formula is C23H15BrFN3O2. The van der Waals surface area contributed by atoms with E-state index in [2.05, 4.69) is 21.0 Å². The van der Waals surface area contributed by atoms with E-state index in [1.165, 1.54) is 18.2 Å². The average molecular weight is 464 g/mol. The molecule has 148 valence electrons. The van der Waals surface area contributed by atoms with Gasteiger partial charge in [0.15, 0.2) is 0 Å². The Morgan fingerprint density at radius 2 is 1.50 bits per heavy atom. The van der Waals surface area contributed by atoms with E-state index in [9.17, 15) is 14.0 Å². The number of hydrogen-bond donors (Lipinski definition) is 0. The molecule has 0 spiro atoms. The Hall–Kier alpha value is -3.32. The third kappa shape index (κ3) is 2.85. The highest BCUT2D eigenvalue weighted by molar-refractivity contribution is 9.10. The Kier molecular flexibility index (Phi) is 4.47. The first-order valence-electron chi connectivity index (χ1n) is 9.37. The van der Waals surface area contributed by atoms with Crippen molar-refractivity contribution in [2.45, 2.75) is 6.04 Å². The minimum Gasteiger partial charge on any atom is -0.273 e. The number of anilines is 2. The zero-order valence-corrected chi connectivity index (χ0v) is 17.2. The van der Waals surface area contributed by atoms with Crippen LogP contribution in [0.25, 0.3) is 0 Å². The summed E-state index contributed by atoms with van der Waals surface area (Å²) in [4.78, 5) is 27.7. The molecule has 0 N–H and O–H groups in total. The lowest BCUT2D eigenvalue weighted by Crippen LogP contribution is -2.39. The monoisotopic (exact) mass is 463 g/mol. The fourth-order valence-corrected chi connectivity index (χ4v) is 4.20. The lowest BCUT2D eigenvalue weighted by atomic mass is 9.93. The summed E-state index contributed by atoms with van der Waals surface area (Å²) in [5.41, 5.74) is 1.89. The quantitative estimate of drug-likeness (QED) is 0.541. The molecule has 5 rings (SSSR count). The van der Waals surface area contributed by atoms with E-state index < -0.39 is 29.6 Å². The van der Waals surface area contributed by atoms with E-state index in [1.807, 2.05) is 54.6 Å². The summed E-state index contributed by atoms with van der Waals surface area (Å²) >= 11 is 3.41. The maximum atomic E-state index is 14.5. The molecule has 1 saturated heterocycles. The SMILES string of the molecule is O=C1[C@H]2C(c3ccc(Br)cc3)=NN(c3ccccc3)[C@H]2C(=O)N1c1ccccc1F. The summed E-state index contributed by atoms with van der Waals surface area (Å²) in [5.74, 6) is -2.41. The van der Waals surface area contributed by atoms with Gasteiger partial charge < -0.3 is 0 Å². The predicted octanol–water partition coefficient (Wildman–Crippen LogP) is 4.37. The third-order valence-corrected chi connectivity index (χ3v) is 5.83. The average Bonchev–Trinajstić information content (AvgIpc) is 3.27. The van der Waals surface area contributed by atoms with Crippen molar-refractivity contribution in [2.24, 2.45) is 11.0 Å². The molecule has 2 atom stereocenters. The molecule has 2 amide bonds. The third-order valence-electron chi connectivity index (χ3n) is 5.30. The fraction of sp³-hybridized carbons (Fsp3) is 0.0870. The van der Waals surface area contributed by atoms with Gasteiger partial charge in [0.25, 0.3) is 5.91 Å². The van der Waals surface area contributed by atoms with Gasteiger partial charge in [0, 0.05) is 4.47 Å². The summed E-state index contributed by atoms with van der Waals surface area (Å²) in [6, 6.07) is 21.5. The molecule has 0 saturated carbocycles. The van der Waals surface area contributed by atoms with Crippen molar-refractivity contribution in [2.75, 3.05) is 9.91 Å². The largest absolute Gasteiger partial charge is 0.273 e. The van der Waals surface area contributed by atoms with Gasteiger partial charge in [0.1, 0.15) is 17.8 Å². The number of para-hydroxylation sites is 2. The van der Waals surface area contributed by atoms with Crippen LogP contribution in [0.15, 0.2) is 88.4 Å². The first kappa shape index (κ1) is 18.7. The Morgan fingerprint density at radius 3 is 2.20 bits per heavy atom. The number of hydrogen-bond acceptors (Lipinski definition) is 4. The number of nitrogens with zero attached hydrogens (tertiary/aromatic N) is 3. The van der Waals surface area contributed by atoms with Crippen LogP contribution in [0.2, 0.25) is 0 Å². The number of hydrazone groups is 1. The van der Waals surface area contributed by atoms with Crippen molar-refractivity contribution < 1.29 is 14.0 Å². The molecule has 5 nitrogen and oxygen atoms in total. The second kappa shape index (κ2) is 7.18. The number of fused-ring (bicyclic) bond motifs is 1. The number of halogens is 2. The number of carbonyl (C=O) groups excluding carboxylic acids is 2. The molecule has 0 aromatic heterocycles. The number of rotatable bonds is 3. The summed E-state index contributed by atoms with van der Waals surface area (Å²) < 4.78 is 15.3. The molecule has 2 aliphatic heterocycles. The summed E-state index contributed by atoms with van der Waals surface area (Å²) in [6.45, 7) is 0. The van der Waals surface area contributed by atoms with Crippen LogP contribution in [0, 0.1) is 11.7 Å². The maximum Gasteiger partial charge on any atom is 0.260 e. The van der Waals surface area contributed by atoms with E-state index in [-0.39, 0.29) is 5.69 Å². The lowest BCUT2D eigenvalue weighted by Gasteiger charge is -2.22. The van der Waals surface area contributed by atoms with Crippen molar-refractivity contribution in [3.63, 3.8) is 0 Å². The summed E-state index contributed by atoms with van der Waals surface area (Å²) in [5, 5.41) is 6.24. The molecule has 30 heavy (non-hydrogen) atoms. The van der Waals surface area contributed by atoms with Crippen molar-refractivity contribution >= 4 is 44.8 Å². The second-order valence-electron chi connectivity index (χ2n) is 7.06. The number of benzene rings is 3. The topological polar surface area (TPSA) is 53.0 Å². The number of imide groups is 1. The molecule has 2 aliphatic rings. The standard InChI is InChI=1S/C23H15BrFN3O2/c24-15-12-10-14(11-13-15)20-19-21(28(26-20)16-6-2-1-3-7-16)23(30)27(22(19)29)18-9-5-4-8-17(18)25/h1-13,19,21H/t19-,21+/m0/s1. The highest BCUT2D eigenvalue weighted by Gasteiger charge is 2.57. The fourth-order valence-electron chi connectivity index (χ4n) is 3.94. The Bertz CT molecular complexity index is 1180. The van der Waals surface area contributed by atoms with Gasteiger partial charge in [0.2, 0.25) is 5.91 Å². The van der Waals surface area contributed by atoms with Gasteiger partial charge in [-0.05, 0) is 42.0 Å². The molecule has 2 heterocycles. The van der Waals surface area contributed by atoms with Gasteiger partial charge in [-0.3, -0.25) is 14.6 Å². The minimum absolute atomic E-state index is 0.0370. The molecule has 1 fully saturated rings. The highest BCUT2D eigenvalue weighted by atomic mass is 79.9. The normalized spacial score (nSPS) is 20.5. The van der Waals surface area contributed by atoms with Crippen LogP contribution in [0.1, 0.15) is 5.56 Å². The zero-order valence-electron chi connectivity index (χ0n) is 15.6. The number of carbonyl (C=O) groups is 2. The minimum atomic E-state index is -0.863. The molecule has 0 unspecified atom stereocenters. The molecule has 7 heteroatoms. The Balaban J connectivity index is 1.65. The summed E-state index contributed by atoms with van der Waals surface area (Å²) in [7, 11) is 0. The first-order valence-corrected chi connectivity index (χ1v) is 10.2. The van der Waals surface area contributed by atoms with Crippen molar-refractivity contribution in [3.05, 3.63) is 94.7 Å². The molecule has 3 aromatic rings. The van der Waals surface area contributed by atoms with Crippen LogP contribution in [-0.2, 0) is 9.59 Å². The van der Waals surface area contributed by atoms with E-state index in [1.54, 1.807) is 11.1 Å². The van der Waals surface area contributed by atoms with Gasteiger partial charge in [0.05, 0.1) is 17.1 Å². The van der Waals surface area contributed by atoms with Crippen LogP contribution < -0.4 is 9.91 Å². The van der Waals surface area contributed by atoms with Gasteiger partial charge >= 0.3 is 0 Å². The second-order valence-corrected chi connectivity index (χ2v) is 7.97. The molecule has 3 aromatic carbocycles. The lowest BCUT2D eigenvalue weighted by molar-refractivity contribution is -0.121. The van der Waals surface area contributed by atoms with Crippen molar-refractivity contribution in [3.8, 4) is 0 Å². The van der Waals surface area contributed by atoms with E-state index in [0.29, 0.717) is 11.4 Å². The highest BCUT2D eigenvalue weighted by Crippen LogP contribution is 2.39. The molecular weight excluding hydrogens is 449 g/mol.